The van der Waals surface area contributed by atoms with Crippen LogP contribution in [0.15, 0.2) is 60.9 Å². The number of aryl methyl sites for hydroxylation is 1. The summed E-state index contributed by atoms with van der Waals surface area (Å²) in [6, 6.07) is 16.4. The van der Waals surface area contributed by atoms with Crippen LogP contribution in [-0.4, -0.2) is 4.98 Å². The molecular weight excluding hydrogens is 232 g/mol. The van der Waals surface area contributed by atoms with Gasteiger partial charge in [0.05, 0.1) is 5.52 Å². The van der Waals surface area contributed by atoms with Gasteiger partial charge in [-0.05, 0) is 29.8 Å². The number of pyridine rings is 2. The highest BCUT2D eigenvalue weighted by molar-refractivity contribution is 5.89. The lowest BCUT2D eigenvalue weighted by atomic mass is 10.1. The Kier molecular flexibility index (Phi) is 3.07. The maximum atomic E-state index is 4.38. The fourth-order valence-corrected chi connectivity index (χ4v) is 2.15. The lowest BCUT2D eigenvalue weighted by molar-refractivity contribution is -0.673. The lowest BCUT2D eigenvalue weighted by Gasteiger charge is -2.00. The number of aromatic nitrogens is 2. The van der Waals surface area contributed by atoms with E-state index in [2.05, 4.69) is 33.8 Å². The van der Waals surface area contributed by atoms with Crippen molar-refractivity contribution in [2.45, 2.75) is 0 Å². The second-order valence-corrected chi connectivity index (χ2v) is 4.49. The molecule has 0 saturated heterocycles. The average molecular weight is 247 g/mol. The summed E-state index contributed by atoms with van der Waals surface area (Å²) in [6.45, 7) is 0. The number of nitrogens with zero attached hydrogens (tertiary/aromatic N) is 2. The van der Waals surface area contributed by atoms with E-state index in [4.69, 9.17) is 0 Å². The molecule has 0 atom stereocenters. The number of para-hydroxylation sites is 1. The first-order valence-electron chi connectivity index (χ1n) is 6.31. The van der Waals surface area contributed by atoms with E-state index in [1.165, 1.54) is 16.6 Å². The Morgan fingerprint density at radius 3 is 2.68 bits per heavy atom. The van der Waals surface area contributed by atoms with Crippen LogP contribution in [0.3, 0.4) is 0 Å². The SMILES string of the molecule is C[n+]1ccccc1/C=C/c1ccnc2ccccc12. The molecule has 0 aliphatic carbocycles. The van der Waals surface area contributed by atoms with Crippen molar-refractivity contribution in [1.82, 2.24) is 4.98 Å². The highest BCUT2D eigenvalue weighted by Crippen LogP contribution is 2.18. The summed E-state index contributed by atoms with van der Waals surface area (Å²) in [5, 5.41) is 1.18. The van der Waals surface area contributed by atoms with Crippen LogP contribution in [0.5, 0.6) is 0 Å². The summed E-state index contributed by atoms with van der Waals surface area (Å²) in [5.41, 5.74) is 3.39. The molecule has 0 bridgehead atoms. The fourth-order valence-electron chi connectivity index (χ4n) is 2.15. The molecule has 0 N–H and O–H groups in total. The largest absolute Gasteiger partial charge is 0.256 e. The highest BCUT2D eigenvalue weighted by Gasteiger charge is 2.01. The predicted octanol–water partition coefficient (Wildman–Crippen LogP) is 3.23. The predicted molar refractivity (Wildman–Crippen MR) is 78.3 cm³/mol. The van der Waals surface area contributed by atoms with Crippen LogP contribution in [0.1, 0.15) is 11.3 Å². The van der Waals surface area contributed by atoms with Crippen LogP contribution in [0.25, 0.3) is 23.1 Å². The normalized spacial score (nSPS) is 11.2. The summed E-state index contributed by atoms with van der Waals surface area (Å²) in [4.78, 5) is 4.38. The monoisotopic (exact) mass is 247 g/mol. The second-order valence-electron chi connectivity index (χ2n) is 4.49. The Morgan fingerprint density at radius 2 is 1.79 bits per heavy atom. The summed E-state index contributed by atoms with van der Waals surface area (Å²) >= 11 is 0. The van der Waals surface area contributed by atoms with Crippen molar-refractivity contribution in [2.75, 3.05) is 0 Å². The van der Waals surface area contributed by atoms with Crippen molar-refractivity contribution in [3.05, 3.63) is 72.2 Å². The van der Waals surface area contributed by atoms with Gasteiger partial charge in [0.15, 0.2) is 6.20 Å². The Balaban J connectivity index is 2.04. The standard InChI is InChI=1S/C17H15N2/c1-19-13-5-4-6-15(19)10-9-14-11-12-18-17-8-3-2-7-16(14)17/h2-13H,1H3/q+1/b10-9+. The molecule has 0 saturated carbocycles. The highest BCUT2D eigenvalue weighted by atomic mass is 14.9. The van der Waals surface area contributed by atoms with E-state index in [-0.39, 0.29) is 0 Å². The number of hydrogen-bond acceptors (Lipinski definition) is 1. The third kappa shape index (κ3) is 2.38. The zero-order valence-electron chi connectivity index (χ0n) is 10.8. The molecule has 2 nitrogen and oxygen atoms in total. The molecule has 0 aliphatic heterocycles. The van der Waals surface area contributed by atoms with Gasteiger partial charge in [-0.1, -0.05) is 18.2 Å². The van der Waals surface area contributed by atoms with Crippen LogP contribution in [0, 0.1) is 0 Å². The molecule has 3 aromatic rings. The maximum absolute atomic E-state index is 4.38. The number of benzene rings is 1. The van der Waals surface area contributed by atoms with Gasteiger partial charge >= 0.3 is 0 Å². The third-order valence-electron chi connectivity index (χ3n) is 3.21. The van der Waals surface area contributed by atoms with Gasteiger partial charge in [0.2, 0.25) is 5.69 Å². The Hall–Kier alpha value is -2.48. The first-order valence-corrected chi connectivity index (χ1v) is 6.31. The molecular formula is C17H15N2+. The summed E-state index contributed by atoms with van der Waals surface area (Å²) in [5.74, 6) is 0. The molecule has 0 spiro atoms. The zero-order valence-corrected chi connectivity index (χ0v) is 10.8. The molecule has 0 amide bonds. The van der Waals surface area contributed by atoms with Gasteiger partial charge in [-0.3, -0.25) is 4.98 Å². The van der Waals surface area contributed by atoms with Gasteiger partial charge < -0.3 is 0 Å². The second kappa shape index (κ2) is 5.02. The molecule has 2 heteroatoms. The number of hydrogen-bond donors (Lipinski definition) is 0. The number of rotatable bonds is 2. The molecule has 0 unspecified atom stereocenters. The van der Waals surface area contributed by atoms with E-state index in [0.29, 0.717) is 0 Å². The van der Waals surface area contributed by atoms with Crippen molar-refractivity contribution in [3.63, 3.8) is 0 Å². The minimum atomic E-state index is 1.03. The topological polar surface area (TPSA) is 16.8 Å². The van der Waals surface area contributed by atoms with Gasteiger partial charge in [0.25, 0.3) is 0 Å². The van der Waals surface area contributed by atoms with Gasteiger partial charge in [-0.2, -0.15) is 0 Å². The molecule has 0 radical (unpaired) electrons. The van der Waals surface area contributed by atoms with E-state index in [0.717, 1.165) is 5.52 Å². The van der Waals surface area contributed by atoms with E-state index < -0.39 is 0 Å². The van der Waals surface area contributed by atoms with Gasteiger partial charge in [0, 0.05) is 29.8 Å². The van der Waals surface area contributed by atoms with Crippen LogP contribution >= 0.6 is 0 Å². The van der Waals surface area contributed by atoms with E-state index in [1.807, 2.05) is 55.8 Å². The molecule has 3 rings (SSSR count). The van der Waals surface area contributed by atoms with Crippen LogP contribution in [0.4, 0.5) is 0 Å². The smallest absolute Gasteiger partial charge is 0.204 e. The molecule has 19 heavy (non-hydrogen) atoms. The van der Waals surface area contributed by atoms with Crippen LogP contribution < -0.4 is 4.57 Å². The van der Waals surface area contributed by atoms with Crippen molar-refractivity contribution in [2.24, 2.45) is 7.05 Å². The molecule has 1 aromatic carbocycles. The maximum Gasteiger partial charge on any atom is 0.204 e. The van der Waals surface area contributed by atoms with Gasteiger partial charge in [-0.15, -0.1) is 0 Å². The molecule has 2 heterocycles. The quantitative estimate of drug-likeness (QED) is 0.635. The third-order valence-corrected chi connectivity index (χ3v) is 3.21. The summed E-state index contributed by atoms with van der Waals surface area (Å²) in [6.07, 6.45) is 8.17. The van der Waals surface area contributed by atoms with Crippen molar-refractivity contribution >= 4 is 23.1 Å². The van der Waals surface area contributed by atoms with E-state index in [1.54, 1.807) is 0 Å². The van der Waals surface area contributed by atoms with Crippen molar-refractivity contribution in [3.8, 4) is 0 Å². The molecule has 0 fully saturated rings. The van der Waals surface area contributed by atoms with Crippen LogP contribution in [-0.2, 0) is 7.05 Å². The molecule has 92 valence electrons. The van der Waals surface area contributed by atoms with Gasteiger partial charge in [0.1, 0.15) is 7.05 Å². The average Bonchev–Trinajstić information content (AvgIpc) is 2.46. The van der Waals surface area contributed by atoms with E-state index in [9.17, 15) is 0 Å². The van der Waals surface area contributed by atoms with Gasteiger partial charge in [-0.25, -0.2) is 4.57 Å². The Bertz CT molecular complexity index is 740. The first-order chi connectivity index (χ1) is 9.34. The molecule has 0 aliphatic rings. The summed E-state index contributed by atoms with van der Waals surface area (Å²) in [7, 11) is 2.05. The van der Waals surface area contributed by atoms with Crippen molar-refractivity contribution in [1.29, 1.82) is 0 Å². The summed E-state index contributed by atoms with van der Waals surface area (Å²) < 4.78 is 2.10. The minimum Gasteiger partial charge on any atom is -0.256 e. The Labute approximate surface area is 112 Å². The first kappa shape index (κ1) is 11.6. The van der Waals surface area contributed by atoms with E-state index >= 15 is 0 Å². The zero-order chi connectivity index (χ0) is 13.1. The lowest BCUT2D eigenvalue weighted by Crippen LogP contribution is -2.30. The molecule has 2 aromatic heterocycles. The minimum absolute atomic E-state index is 1.03. The fraction of sp³-hybridized carbons (Fsp3) is 0.0588. The Morgan fingerprint density at radius 1 is 0.947 bits per heavy atom. The number of fused-ring (bicyclic) bond motifs is 1. The van der Waals surface area contributed by atoms with Crippen molar-refractivity contribution < 1.29 is 4.57 Å². The van der Waals surface area contributed by atoms with Crippen LogP contribution in [0.2, 0.25) is 0 Å².